The first-order valence-electron chi connectivity index (χ1n) is 8.77. The molecule has 2 aromatic rings. The maximum absolute atomic E-state index is 11.6. The first-order valence-corrected chi connectivity index (χ1v) is 8.77. The van der Waals surface area contributed by atoms with Crippen molar-refractivity contribution in [2.24, 2.45) is 5.41 Å². The van der Waals surface area contributed by atoms with Crippen LogP contribution in [-0.4, -0.2) is 22.8 Å². The molecule has 25 heavy (non-hydrogen) atoms. The lowest BCUT2D eigenvalue weighted by atomic mass is 9.74. The number of benzene rings is 1. The van der Waals surface area contributed by atoms with Crippen LogP contribution >= 0.6 is 0 Å². The van der Waals surface area contributed by atoms with E-state index < -0.39 is 0 Å². The normalized spacial score (nSPS) is 18.7. The molecule has 1 aliphatic carbocycles. The van der Waals surface area contributed by atoms with Crippen LogP contribution in [0.4, 0.5) is 0 Å². The van der Waals surface area contributed by atoms with Crippen molar-refractivity contribution in [3.63, 3.8) is 0 Å². The van der Waals surface area contributed by atoms with E-state index in [0.717, 1.165) is 30.5 Å². The summed E-state index contributed by atoms with van der Waals surface area (Å²) in [6.45, 7) is 9.40. The highest BCUT2D eigenvalue weighted by atomic mass is 16.5. The number of hydrogen-bond acceptors (Lipinski definition) is 3. The number of aliphatic hydroxyl groups is 1. The summed E-state index contributed by atoms with van der Waals surface area (Å²) in [5.74, 6) is -0.318. The van der Waals surface area contributed by atoms with E-state index in [2.05, 4.69) is 32.3 Å². The molecule has 0 radical (unpaired) electrons. The number of aromatic nitrogens is 1. The Morgan fingerprint density at radius 3 is 2.52 bits per heavy atom. The van der Waals surface area contributed by atoms with Gasteiger partial charge in [0, 0.05) is 23.5 Å². The summed E-state index contributed by atoms with van der Waals surface area (Å²) < 4.78 is 7.08. The van der Waals surface area contributed by atoms with E-state index in [1.807, 2.05) is 12.1 Å². The molecule has 0 fully saturated rings. The standard InChI is InChI=1S/C21H27NO3/c1-13-14(2)22(17-10-21(3,4)11-18(23)19(13)17)12-15-6-8-16(9-7-15)20(24)25-5/h6-9,18,23H,10-12H2,1-5H3. The fraction of sp³-hybridized carbons (Fsp3) is 0.476. The number of ether oxygens (including phenoxy) is 1. The third-order valence-corrected chi connectivity index (χ3v) is 5.43. The van der Waals surface area contributed by atoms with Crippen molar-refractivity contribution in [1.29, 1.82) is 0 Å². The van der Waals surface area contributed by atoms with Gasteiger partial charge in [-0.2, -0.15) is 0 Å². The van der Waals surface area contributed by atoms with E-state index in [0.29, 0.717) is 5.56 Å². The molecule has 0 amide bonds. The van der Waals surface area contributed by atoms with Gasteiger partial charge in [-0.05, 0) is 55.4 Å². The fourth-order valence-corrected chi connectivity index (χ4v) is 4.01. The molecule has 4 nitrogen and oxygen atoms in total. The molecule has 1 atom stereocenters. The van der Waals surface area contributed by atoms with E-state index >= 15 is 0 Å². The number of aliphatic hydroxyl groups excluding tert-OH is 1. The number of hydrogen-bond donors (Lipinski definition) is 1. The van der Waals surface area contributed by atoms with Crippen molar-refractivity contribution >= 4 is 5.97 Å². The average molecular weight is 341 g/mol. The van der Waals surface area contributed by atoms with Crippen LogP contribution in [-0.2, 0) is 17.7 Å². The van der Waals surface area contributed by atoms with Crippen LogP contribution in [0.3, 0.4) is 0 Å². The highest BCUT2D eigenvalue weighted by Gasteiger charge is 2.35. The molecular weight excluding hydrogens is 314 g/mol. The Morgan fingerprint density at radius 2 is 1.92 bits per heavy atom. The van der Waals surface area contributed by atoms with Gasteiger partial charge in [0.1, 0.15) is 0 Å². The van der Waals surface area contributed by atoms with Crippen LogP contribution in [0.2, 0.25) is 0 Å². The highest BCUT2D eigenvalue weighted by Crippen LogP contribution is 2.44. The monoisotopic (exact) mass is 341 g/mol. The zero-order valence-electron chi connectivity index (χ0n) is 15.7. The molecule has 1 unspecified atom stereocenters. The second-order valence-electron chi connectivity index (χ2n) is 7.91. The van der Waals surface area contributed by atoms with Gasteiger partial charge in [-0.25, -0.2) is 4.79 Å². The van der Waals surface area contributed by atoms with Gasteiger partial charge in [-0.15, -0.1) is 0 Å². The van der Waals surface area contributed by atoms with Crippen molar-refractivity contribution < 1.29 is 14.6 Å². The Hall–Kier alpha value is -2.07. The van der Waals surface area contributed by atoms with Crippen molar-refractivity contribution in [2.45, 2.75) is 53.2 Å². The van der Waals surface area contributed by atoms with Crippen molar-refractivity contribution in [1.82, 2.24) is 4.57 Å². The lowest BCUT2D eigenvalue weighted by Gasteiger charge is -2.34. The minimum Gasteiger partial charge on any atom is -0.465 e. The molecule has 1 N–H and O–H groups in total. The van der Waals surface area contributed by atoms with Crippen LogP contribution in [0.15, 0.2) is 24.3 Å². The molecule has 4 heteroatoms. The van der Waals surface area contributed by atoms with Gasteiger partial charge in [-0.3, -0.25) is 0 Å². The van der Waals surface area contributed by atoms with Crippen molar-refractivity contribution in [3.8, 4) is 0 Å². The fourth-order valence-electron chi connectivity index (χ4n) is 4.01. The Bertz CT molecular complexity index is 800. The third-order valence-electron chi connectivity index (χ3n) is 5.43. The van der Waals surface area contributed by atoms with Crippen LogP contribution in [0.5, 0.6) is 0 Å². The van der Waals surface area contributed by atoms with Crippen LogP contribution in [0, 0.1) is 19.3 Å². The summed E-state index contributed by atoms with van der Waals surface area (Å²) in [6.07, 6.45) is 1.38. The number of nitrogens with zero attached hydrogens (tertiary/aromatic N) is 1. The summed E-state index contributed by atoms with van der Waals surface area (Å²) in [4.78, 5) is 11.6. The summed E-state index contributed by atoms with van der Waals surface area (Å²) in [5, 5.41) is 10.6. The molecule has 0 aliphatic heterocycles. The maximum Gasteiger partial charge on any atom is 0.337 e. The Balaban J connectivity index is 1.96. The highest BCUT2D eigenvalue weighted by molar-refractivity contribution is 5.89. The summed E-state index contributed by atoms with van der Waals surface area (Å²) in [6, 6.07) is 7.55. The van der Waals surface area contributed by atoms with Gasteiger partial charge in [0.2, 0.25) is 0 Å². The van der Waals surface area contributed by atoms with Gasteiger partial charge in [0.25, 0.3) is 0 Å². The number of carbonyl (C=O) groups excluding carboxylic acids is 1. The SMILES string of the molecule is COC(=O)c1ccc(Cn2c(C)c(C)c3c2CC(C)(C)CC3O)cc1. The topological polar surface area (TPSA) is 51.5 Å². The van der Waals surface area contributed by atoms with Crippen LogP contribution in [0.1, 0.15) is 64.8 Å². The number of methoxy groups -OCH3 is 1. The van der Waals surface area contributed by atoms with Gasteiger partial charge in [0.15, 0.2) is 0 Å². The maximum atomic E-state index is 11.6. The molecule has 1 heterocycles. The number of esters is 1. The van der Waals surface area contributed by atoms with E-state index in [1.54, 1.807) is 12.1 Å². The molecule has 1 aromatic heterocycles. The first-order chi connectivity index (χ1) is 11.7. The predicted molar refractivity (Wildman–Crippen MR) is 97.9 cm³/mol. The van der Waals surface area contributed by atoms with Gasteiger partial charge in [0.05, 0.1) is 18.8 Å². The van der Waals surface area contributed by atoms with E-state index in [-0.39, 0.29) is 17.5 Å². The Morgan fingerprint density at radius 1 is 1.28 bits per heavy atom. The zero-order valence-corrected chi connectivity index (χ0v) is 15.7. The molecule has 3 rings (SSSR count). The van der Waals surface area contributed by atoms with Crippen LogP contribution in [0.25, 0.3) is 0 Å². The van der Waals surface area contributed by atoms with E-state index in [4.69, 9.17) is 4.74 Å². The average Bonchev–Trinajstić information content (AvgIpc) is 2.78. The smallest absolute Gasteiger partial charge is 0.337 e. The van der Waals surface area contributed by atoms with E-state index in [1.165, 1.54) is 24.1 Å². The minimum atomic E-state index is -0.389. The van der Waals surface area contributed by atoms with Crippen molar-refractivity contribution in [3.05, 3.63) is 57.9 Å². The van der Waals surface area contributed by atoms with Gasteiger partial charge >= 0.3 is 5.97 Å². The van der Waals surface area contributed by atoms with Gasteiger partial charge < -0.3 is 14.4 Å². The minimum absolute atomic E-state index is 0.0934. The number of carbonyl (C=O) groups is 1. The first kappa shape index (κ1) is 17.7. The summed E-state index contributed by atoms with van der Waals surface area (Å²) in [5.41, 5.74) is 6.55. The molecule has 134 valence electrons. The predicted octanol–water partition coefficient (Wildman–Crippen LogP) is 3.95. The quantitative estimate of drug-likeness (QED) is 0.860. The second-order valence-corrected chi connectivity index (χ2v) is 7.91. The molecule has 0 saturated carbocycles. The lowest BCUT2D eigenvalue weighted by molar-refractivity contribution is 0.0600. The number of rotatable bonds is 3. The van der Waals surface area contributed by atoms with Crippen molar-refractivity contribution in [2.75, 3.05) is 7.11 Å². The molecule has 1 aliphatic rings. The third kappa shape index (κ3) is 3.23. The largest absolute Gasteiger partial charge is 0.465 e. The molecule has 0 spiro atoms. The van der Waals surface area contributed by atoms with Gasteiger partial charge in [-0.1, -0.05) is 26.0 Å². The van der Waals surface area contributed by atoms with E-state index in [9.17, 15) is 9.90 Å². The molecule has 1 aromatic carbocycles. The molecular formula is C21H27NO3. The molecule has 0 bridgehead atoms. The zero-order chi connectivity index (χ0) is 18.4. The van der Waals surface area contributed by atoms with Crippen LogP contribution < -0.4 is 0 Å². The Labute approximate surface area is 149 Å². The molecule has 0 saturated heterocycles. The number of fused-ring (bicyclic) bond motifs is 1. The summed E-state index contributed by atoms with van der Waals surface area (Å²) in [7, 11) is 1.39. The lowest BCUT2D eigenvalue weighted by Crippen LogP contribution is -2.27. The second kappa shape index (κ2) is 6.34. The summed E-state index contributed by atoms with van der Waals surface area (Å²) >= 11 is 0. The Kier molecular flexibility index (Phi) is 4.50.